The Bertz CT molecular complexity index is 1260. The molecule has 31 heavy (non-hydrogen) atoms. The average Bonchev–Trinajstić information content (AvgIpc) is 2.75. The van der Waals surface area contributed by atoms with Crippen LogP contribution in [0.4, 0.5) is 17.1 Å². The monoisotopic (exact) mass is 453 g/mol. The fourth-order valence-electron chi connectivity index (χ4n) is 3.01. The highest BCUT2D eigenvalue weighted by molar-refractivity contribution is 8.01. The fraction of sp³-hybridized carbons (Fsp3) is 0.0909. The third-order valence-electron chi connectivity index (χ3n) is 4.60. The Balaban J connectivity index is 1.52. The lowest BCUT2D eigenvalue weighted by Crippen LogP contribution is -2.26. The minimum atomic E-state index is -3.81. The number of carbonyl (C=O) groups excluding carboxylic acids is 2. The Hall–Kier alpha value is -3.30. The summed E-state index contributed by atoms with van der Waals surface area (Å²) in [5.41, 5.74) is 1.72. The predicted molar refractivity (Wildman–Crippen MR) is 122 cm³/mol. The van der Waals surface area contributed by atoms with Gasteiger partial charge in [-0.25, -0.2) is 8.42 Å². The van der Waals surface area contributed by atoms with Crippen molar-refractivity contribution in [2.75, 3.05) is 15.4 Å². The van der Waals surface area contributed by atoms with Crippen molar-refractivity contribution in [2.45, 2.75) is 22.0 Å². The number of nitrogens with one attached hydrogen (secondary N) is 3. The van der Waals surface area contributed by atoms with E-state index in [9.17, 15) is 18.0 Å². The van der Waals surface area contributed by atoms with Gasteiger partial charge < -0.3 is 10.6 Å². The van der Waals surface area contributed by atoms with Crippen molar-refractivity contribution >= 4 is 50.7 Å². The molecule has 7 nitrogen and oxygen atoms in total. The molecule has 0 bridgehead atoms. The van der Waals surface area contributed by atoms with Crippen molar-refractivity contribution in [1.82, 2.24) is 0 Å². The molecule has 9 heteroatoms. The van der Waals surface area contributed by atoms with Crippen LogP contribution in [0.5, 0.6) is 0 Å². The molecule has 1 aliphatic heterocycles. The van der Waals surface area contributed by atoms with Gasteiger partial charge in [0, 0.05) is 21.8 Å². The van der Waals surface area contributed by atoms with Crippen LogP contribution in [0.2, 0.25) is 0 Å². The first-order valence-electron chi connectivity index (χ1n) is 9.43. The van der Waals surface area contributed by atoms with Crippen molar-refractivity contribution in [1.29, 1.82) is 0 Å². The highest BCUT2D eigenvalue weighted by Gasteiger charge is 2.24. The van der Waals surface area contributed by atoms with E-state index in [1.165, 1.54) is 23.9 Å². The number of thioether (sulfide) groups is 1. The van der Waals surface area contributed by atoms with Gasteiger partial charge >= 0.3 is 0 Å². The highest BCUT2D eigenvalue weighted by atomic mass is 32.2. The van der Waals surface area contributed by atoms with Crippen molar-refractivity contribution in [3.05, 3.63) is 78.4 Å². The van der Waals surface area contributed by atoms with E-state index >= 15 is 0 Å². The van der Waals surface area contributed by atoms with Gasteiger partial charge in [-0.2, -0.15) is 0 Å². The van der Waals surface area contributed by atoms with E-state index in [4.69, 9.17) is 0 Å². The van der Waals surface area contributed by atoms with Crippen LogP contribution in [0.1, 0.15) is 17.3 Å². The lowest BCUT2D eigenvalue weighted by Gasteiger charge is -2.21. The first-order chi connectivity index (χ1) is 14.8. The zero-order valence-electron chi connectivity index (χ0n) is 16.5. The Morgan fingerprint density at radius 3 is 2.48 bits per heavy atom. The van der Waals surface area contributed by atoms with Gasteiger partial charge in [0.1, 0.15) is 0 Å². The minimum Gasteiger partial charge on any atom is -0.324 e. The van der Waals surface area contributed by atoms with E-state index in [0.717, 1.165) is 4.90 Å². The summed E-state index contributed by atoms with van der Waals surface area (Å²) in [6.45, 7) is 1.82. The maximum atomic E-state index is 12.7. The summed E-state index contributed by atoms with van der Waals surface area (Å²) in [7, 11) is -3.81. The molecule has 0 fully saturated rings. The molecule has 3 aromatic rings. The Morgan fingerprint density at radius 1 is 0.968 bits per heavy atom. The van der Waals surface area contributed by atoms with E-state index < -0.39 is 15.9 Å². The lowest BCUT2D eigenvalue weighted by molar-refractivity contribution is -0.115. The number of anilines is 3. The van der Waals surface area contributed by atoms with Crippen molar-refractivity contribution in [3.8, 4) is 0 Å². The number of para-hydroxylation sites is 1. The zero-order valence-corrected chi connectivity index (χ0v) is 18.1. The molecule has 1 atom stereocenters. The lowest BCUT2D eigenvalue weighted by atomic mass is 10.1. The molecule has 2 amide bonds. The quantitative estimate of drug-likeness (QED) is 0.538. The molecule has 1 aliphatic rings. The predicted octanol–water partition coefficient (Wildman–Crippen LogP) is 4.17. The third-order valence-corrected chi connectivity index (χ3v) is 7.16. The normalized spacial score (nSPS) is 15.5. The van der Waals surface area contributed by atoms with E-state index in [-0.39, 0.29) is 16.1 Å². The first kappa shape index (κ1) is 21.0. The van der Waals surface area contributed by atoms with Gasteiger partial charge in [0.25, 0.3) is 15.9 Å². The molecule has 4 rings (SSSR count). The van der Waals surface area contributed by atoms with Gasteiger partial charge in [-0.3, -0.25) is 14.3 Å². The van der Waals surface area contributed by atoms with E-state index in [1.807, 2.05) is 6.92 Å². The molecule has 0 saturated carbocycles. The second kappa shape index (κ2) is 8.44. The second-order valence-electron chi connectivity index (χ2n) is 6.91. The van der Waals surface area contributed by atoms with Crippen LogP contribution < -0.4 is 15.4 Å². The van der Waals surface area contributed by atoms with Crippen molar-refractivity contribution in [3.63, 3.8) is 0 Å². The van der Waals surface area contributed by atoms with Crippen LogP contribution in [0.3, 0.4) is 0 Å². The average molecular weight is 454 g/mol. The number of amides is 2. The number of carbonyl (C=O) groups is 2. The molecule has 0 radical (unpaired) electrons. The molecule has 3 N–H and O–H groups in total. The smallest absolute Gasteiger partial charge is 0.261 e. The molecule has 158 valence electrons. The zero-order chi connectivity index (χ0) is 22.0. The molecule has 0 saturated heterocycles. The summed E-state index contributed by atoms with van der Waals surface area (Å²) < 4.78 is 27.8. The van der Waals surface area contributed by atoms with Crippen LogP contribution >= 0.6 is 11.8 Å². The minimum absolute atomic E-state index is 0.0252. The summed E-state index contributed by atoms with van der Waals surface area (Å²) in [5, 5.41) is 5.31. The molecule has 0 aliphatic carbocycles. The van der Waals surface area contributed by atoms with Gasteiger partial charge in [-0.15, -0.1) is 11.8 Å². The van der Waals surface area contributed by atoms with Gasteiger partial charge in [0.2, 0.25) is 5.91 Å². The van der Waals surface area contributed by atoms with Crippen LogP contribution in [-0.4, -0.2) is 25.5 Å². The van der Waals surface area contributed by atoms with Gasteiger partial charge in [0.05, 0.1) is 15.8 Å². The SMILES string of the molecule is CC1Sc2ccc(C(=O)Nc3cccc(S(=O)(=O)Nc4ccccc4)c3)cc2NC1=O. The summed E-state index contributed by atoms with van der Waals surface area (Å²) in [4.78, 5) is 25.5. The van der Waals surface area contributed by atoms with Gasteiger partial charge in [0.15, 0.2) is 0 Å². The van der Waals surface area contributed by atoms with Crippen LogP contribution in [-0.2, 0) is 14.8 Å². The van der Waals surface area contributed by atoms with Crippen LogP contribution in [0, 0.1) is 0 Å². The van der Waals surface area contributed by atoms with E-state index in [2.05, 4.69) is 15.4 Å². The summed E-state index contributed by atoms with van der Waals surface area (Å²) in [6.07, 6.45) is 0. The van der Waals surface area contributed by atoms with Crippen LogP contribution in [0.25, 0.3) is 0 Å². The number of hydrogen-bond acceptors (Lipinski definition) is 5. The van der Waals surface area contributed by atoms with Crippen molar-refractivity contribution < 1.29 is 18.0 Å². The highest BCUT2D eigenvalue weighted by Crippen LogP contribution is 2.36. The Morgan fingerprint density at radius 2 is 1.71 bits per heavy atom. The summed E-state index contributed by atoms with van der Waals surface area (Å²) >= 11 is 1.43. The maximum absolute atomic E-state index is 12.7. The van der Waals surface area contributed by atoms with Crippen LogP contribution in [0.15, 0.2) is 82.6 Å². The maximum Gasteiger partial charge on any atom is 0.261 e. The molecule has 0 aromatic heterocycles. The number of hydrogen-bond donors (Lipinski definition) is 3. The van der Waals surface area contributed by atoms with Crippen molar-refractivity contribution in [2.24, 2.45) is 0 Å². The molecule has 3 aromatic carbocycles. The van der Waals surface area contributed by atoms with E-state index in [0.29, 0.717) is 22.6 Å². The van der Waals surface area contributed by atoms with E-state index in [1.54, 1.807) is 60.7 Å². The fourth-order valence-corrected chi connectivity index (χ4v) is 5.05. The molecule has 1 unspecified atom stereocenters. The number of sulfonamides is 1. The van der Waals surface area contributed by atoms with Gasteiger partial charge in [-0.05, 0) is 55.5 Å². The standard InChI is InChI=1S/C22H19N3O4S2/c1-14-21(26)24-19-12-15(10-11-20(19)30-14)22(27)23-17-8-5-9-18(13-17)31(28,29)25-16-6-3-2-4-7-16/h2-14,25H,1H3,(H,23,27)(H,24,26). The summed E-state index contributed by atoms with van der Waals surface area (Å²) in [6, 6.07) is 19.6. The summed E-state index contributed by atoms with van der Waals surface area (Å²) in [5.74, 6) is -0.523. The molecular weight excluding hydrogens is 434 g/mol. The number of benzene rings is 3. The molecule has 1 heterocycles. The second-order valence-corrected chi connectivity index (χ2v) is 9.98. The Labute approximate surface area is 184 Å². The number of fused-ring (bicyclic) bond motifs is 1. The molecular formula is C22H19N3O4S2. The Kier molecular flexibility index (Phi) is 5.71. The topological polar surface area (TPSA) is 104 Å². The molecule has 0 spiro atoms. The largest absolute Gasteiger partial charge is 0.324 e. The van der Waals surface area contributed by atoms with Gasteiger partial charge in [-0.1, -0.05) is 24.3 Å². The first-order valence-corrected chi connectivity index (χ1v) is 11.8. The number of rotatable bonds is 5. The third kappa shape index (κ3) is 4.73.